The lowest BCUT2D eigenvalue weighted by Gasteiger charge is -2.18. The molecule has 0 bridgehead atoms. The third kappa shape index (κ3) is 6.40. The van der Waals surface area contributed by atoms with Crippen molar-refractivity contribution in [2.75, 3.05) is 14.2 Å². The smallest absolute Gasteiger partial charge is 0.387 e. The van der Waals surface area contributed by atoms with Crippen LogP contribution in [0.1, 0.15) is 24.3 Å². The normalized spacial score (nSPS) is 10.9. The number of methoxy groups -OCH3 is 1. The van der Waals surface area contributed by atoms with Crippen LogP contribution >= 0.6 is 11.6 Å². The molecule has 10 heteroatoms. The Labute approximate surface area is 188 Å². The standard InChI is InChI=1S/C22H22ClF2N3O4/c1-28(13-14-6-11-17(31-22(24)25)18(12-14)30-2)20(29)5-3-4-19-26-21(27-32-19)15-7-9-16(23)10-8-15/h6-12,22H,3-5,13H2,1-2H3. The molecular weight excluding hydrogens is 444 g/mol. The van der Waals surface area contributed by atoms with Gasteiger partial charge in [-0.2, -0.15) is 13.8 Å². The van der Waals surface area contributed by atoms with Crippen molar-refractivity contribution in [3.05, 3.63) is 58.9 Å². The highest BCUT2D eigenvalue weighted by Gasteiger charge is 2.15. The molecule has 7 nitrogen and oxygen atoms in total. The molecular formula is C22H22ClF2N3O4. The average Bonchev–Trinajstić information content (AvgIpc) is 3.23. The van der Waals surface area contributed by atoms with Crippen molar-refractivity contribution >= 4 is 17.5 Å². The van der Waals surface area contributed by atoms with Crippen molar-refractivity contribution in [2.45, 2.75) is 32.4 Å². The van der Waals surface area contributed by atoms with Gasteiger partial charge >= 0.3 is 6.61 Å². The van der Waals surface area contributed by atoms with E-state index >= 15 is 0 Å². The van der Waals surface area contributed by atoms with Crippen molar-refractivity contribution in [2.24, 2.45) is 0 Å². The van der Waals surface area contributed by atoms with E-state index in [0.717, 1.165) is 11.1 Å². The molecule has 0 atom stereocenters. The highest BCUT2D eigenvalue weighted by Crippen LogP contribution is 2.30. The van der Waals surface area contributed by atoms with Gasteiger partial charge in [0.05, 0.1) is 7.11 Å². The predicted molar refractivity (Wildman–Crippen MR) is 114 cm³/mol. The van der Waals surface area contributed by atoms with Crippen LogP contribution in [0.2, 0.25) is 5.02 Å². The van der Waals surface area contributed by atoms with Crippen LogP contribution in [0.3, 0.4) is 0 Å². The zero-order valence-corrected chi connectivity index (χ0v) is 18.3. The Morgan fingerprint density at radius 2 is 1.94 bits per heavy atom. The van der Waals surface area contributed by atoms with Gasteiger partial charge in [0.1, 0.15) is 0 Å². The first-order valence-corrected chi connectivity index (χ1v) is 10.2. The lowest BCUT2D eigenvalue weighted by Crippen LogP contribution is -2.26. The Hall–Kier alpha value is -3.20. The van der Waals surface area contributed by atoms with E-state index in [9.17, 15) is 13.6 Å². The van der Waals surface area contributed by atoms with Gasteiger partial charge in [0.25, 0.3) is 0 Å². The fraction of sp³-hybridized carbons (Fsp3) is 0.318. The van der Waals surface area contributed by atoms with Gasteiger partial charge in [-0.05, 0) is 48.4 Å². The zero-order valence-electron chi connectivity index (χ0n) is 17.6. The Kier molecular flexibility index (Phi) is 7.99. The molecule has 3 aromatic rings. The minimum absolute atomic E-state index is 0.0576. The molecule has 0 N–H and O–H groups in total. The summed E-state index contributed by atoms with van der Waals surface area (Å²) in [6.45, 7) is -2.65. The second-order valence-electron chi connectivity index (χ2n) is 6.99. The van der Waals surface area contributed by atoms with Crippen LogP contribution in [-0.2, 0) is 17.8 Å². The molecule has 0 aliphatic heterocycles. The molecule has 1 heterocycles. The summed E-state index contributed by atoms with van der Waals surface area (Å²) in [4.78, 5) is 18.3. The Bertz CT molecular complexity index is 1040. The first-order chi connectivity index (χ1) is 15.4. The number of nitrogens with zero attached hydrogens (tertiary/aromatic N) is 3. The number of carbonyl (C=O) groups excluding carboxylic acids is 1. The maximum Gasteiger partial charge on any atom is 0.387 e. The Morgan fingerprint density at radius 1 is 1.19 bits per heavy atom. The average molecular weight is 466 g/mol. The zero-order chi connectivity index (χ0) is 23.1. The third-order valence-corrected chi connectivity index (χ3v) is 4.89. The minimum atomic E-state index is -2.94. The number of carbonyl (C=O) groups is 1. The number of halogens is 3. The van der Waals surface area contributed by atoms with E-state index in [1.165, 1.54) is 13.2 Å². The van der Waals surface area contributed by atoms with Gasteiger partial charge < -0.3 is 18.9 Å². The molecule has 2 aromatic carbocycles. The summed E-state index contributed by atoms with van der Waals surface area (Å²) in [6, 6.07) is 11.7. The number of ether oxygens (including phenoxy) is 2. The van der Waals surface area contributed by atoms with Crippen LogP contribution in [0, 0.1) is 0 Å². The number of amides is 1. The number of hydrogen-bond donors (Lipinski definition) is 0. The molecule has 0 aliphatic carbocycles. The summed E-state index contributed by atoms with van der Waals surface area (Å²) in [5.41, 5.74) is 1.52. The molecule has 32 heavy (non-hydrogen) atoms. The summed E-state index contributed by atoms with van der Waals surface area (Å²) in [6.07, 6.45) is 1.29. The highest BCUT2D eigenvalue weighted by atomic mass is 35.5. The van der Waals surface area contributed by atoms with Gasteiger partial charge in [0.2, 0.25) is 17.6 Å². The van der Waals surface area contributed by atoms with Gasteiger partial charge in [-0.15, -0.1) is 0 Å². The summed E-state index contributed by atoms with van der Waals surface area (Å²) in [7, 11) is 3.03. The van der Waals surface area contributed by atoms with Crippen molar-refractivity contribution in [1.29, 1.82) is 0 Å². The van der Waals surface area contributed by atoms with Crippen LogP contribution in [-0.4, -0.2) is 41.7 Å². The van der Waals surface area contributed by atoms with E-state index in [1.54, 1.807) is 48.3 Å². The molecule has 0 radical (unpaired) electrons. The summed E-state index contributed by atoms with van der Waals surface area (Å²) in [5.74, 6) is 0.960. The van der Waals surface area contributed by atoms with Gasteiger partial charge in [0, 0.05) is 37.0 Å². The van der Waals surface area contributed by atoms with Crippen LogP contribution in [0.25, 0.3) is 11.4 Å². The van der Waals surface area contributed by atoms with Crippen molar-refractivity contribution in [3.8, 4) is 22.9 Å². The number of aryl methyl sites for hydroxylation is 1. The second kappa shape index (κ2) is 10.9. The molecule has 0 spiro atoms. The minimum Gasteiger partial charge on any atom is -0.493 e. The molecule has 1 amide bonds. The largest absolute Gasteiger partial charge is 0.493 e. The van der Waals surface area contributed by atoms with Gasteiger partial charge in [-0.25, -0.2) is 0 Å². The second-order valence-corrected chi connectivity index (χ2v) is 7.42. The molecule has 1 aromatic heterocycles. The first kappa shape index (κ1) is 23.5. The molecule has 0 fully saturated rings. The number of aromatic nitrogens is 2. The molecule has 0 aliphatic rings. The van der Waals surface area contributed by atoms with E-state index in [2.05, 4.69) is 14.9 Å². The van der Waals surface area contributed by atoms with Gasteiger partial charge in [-0.3, -0.25) is 4.79 Å². The lowest BCUT2D eigenvalue weighted by molar-refractivity contribution is -0.130. The summed E-state index contributed by atoms with van der Waals surface area (Å²) < 4.78 is 39.6. The molecule has 0 unspecified atom stereocenters. The van der Waals surface area contributed by atoms with Crippen LogP contribution < -0.4 is 9.47 Å². The van der Waals surface area contributed by atoms with E-state index < -0.39 is 6.61 Å². The lowest BCUT2D eigenvalue weighted by atomic mass is 10.1. The topological polar surface area (TPSA) is 77.7 Å². The fourth-order valence-corrected chi connectivity index (χ4v) is 3.15. The molecule has 0 saturated heterocycles. The number of alkyl halides is 2. The SMILES string of the molecule is COc1cc(CN(C)C(=O)CCCc2nc(-c3ccc(Cl)cc3)no2)ccc1OC(F)F. The third-order valence-electron chi connectivity index (χ3n) is 4.64. The molecule has 3 rings (SSSR count). The summed E-state index contributed by atoms with van der Waals surface area (Å²) in [5, 5.41) is 4.57. The number of hydrogen-bond acceptors (Lipinski definition) is 6. The van der Waals surface area contributed by atoms with Crippen molar-refractivity contribution < 1.29 is 27.6 Å². The predicted octanol–water partition coefficient (Wildman–Crippen LogP) is 4.98. The van der Waals surface area contributed by atoms with Crippen LogP contribution in [0.4, 0.5) is 8.78 Å². The maximum absolute atomic E-state index is 12.5. The molecule has 0 saturated carbocycles. The number of benzene rings is 2. The monoisotopic (exact) mass is 465 g/mol. The van der Waals surface area contributed by atoms with Crippen molar-refractivity contribution in [1.82, 2.24) is 15.0 Å². The summed E-state index contributed by atoms with van der Waals surface area (Å²) >= 11 is 5.88. The van der Waals surface area contributed by atoms with Gasteiger partial charge in [0.15, 0.2) is 11.5 Å². The maximum atomic E-state index is 12.5. The van der Waals surface area contributed by atoms with Crippen LogP contribution in [0.15, 0.2) is 47.0 Å². The Morgan fingerprint density at radius 3 is 2.62 bits per heavy atom. The quantitative estimate of drug-likeness (QED) is 0.420. The van der Waals surface area contributed by atoms with Gasteiger partial charge in [-0.1, -0.05) is 22.8 Å². The van der Waals surface area contributed by atoms with Crippen molar-refractivity contribution in [3.63, 3.8) is 0 Å². The first-order valence-electron chi connectivity index (χ1n) is 9.80. The Balaban J connectivity index is 1.49. The van der Waals surface area contributed by atoms with Crippen LogP contribution in [0.5, 0.6) is 11.5 Å². The highest BCUT2D eigenvalue weighted by molar-refractivity contribution is 6.30. The van der Waals surface area contributed by atoms with E-state index in [4.69, 9.17) is 20.9 Å². The molecule has 170 valence electrons. The van der Waals surface area contributed by atoms with E-state index in [0.29, 0.717) is 42.5 Å². The van der Waals surface area contributed by atoms with E-state index in [1.807, 2.05) is 0 Å². The van der Waals surface area contributed by atoms with E-state index in [-0.39, 0.29) is 17.4 Å². The number of rotatable bonds is 10. The fourth-order valence-electron chi connectivity index (χ4n) is 3.02.